The van der Waals surface area contributed by atoms with E-state index < -0.39 is 7.82 Å². The molecule has 4 nitrogen and oxygen atoms in total. The zero-order chi connectivity index (χ0) is 12.3. The molecule has 0 radical (unpaired) electrons. The molecule has 0 saturated heterocycles. The molecule has 5 heteroatoms. The van der Waals surface area contributed by atoms with Crippen LogP contribution in [0.25, 0.3) is 0 Å². The van der Waals surface area contributed by atoms with Gasteiger partial charge in [0.1, 0.15) is 0 Å². The van der Waals surface area contributed by atoms with Gasteiger partial charge in [-0.15, -0.1) is 0 Å². The van der Waals surface area contributed by atoms with Crippen molar-refractivity contribution in [2.24, 2.45) is 11.3 Å². The van der Waals surface area contributed by atoms with Crippen LogP contribution in [-0.2, 0) is 13.6 Å². The molecule has 0 bridgehead atoms. The first-order valence-electron chi connectivity index (χ1n) is 5.26. The summed E-state index contributed by atoms with van der Waals surface area (Å²) >= 11 is 0. The summed E-state index contributed by atoms with van der Waals surface area (Å²) in [7, 11) is -3.90. The zero-order valence-corrected chi connectivity index (χ0v) is 11.4. The van der Waals surface area contributed by atoms with Crippen molar-refractivity contribution in [3.05, 3.63) is 0 Å². The monoisotopic (exact) mass is 238 g/mol. The van der Waals surface area contributed by atoms with Crippen LogP contribution in [0.3, 0.4) is 0 Å². The van der Waals surface area contributed by atoms with Gasteiger partial charge in [0.05, 0.1) is 12.7 Å². The Kier molecular flexibility index (Phi) is 5.48. The first-order chi connectivity index (χ1) is 6.60. The van der Waals surface area contributed by atoms with Crippen molar-refractivity contribution in [3.63, 3.8) is 0 Å². The molecule has 0 amide bonds. The second kappa shape index (κ2) is 5.44. The molecule has 0 spiro atoms. The summed E-state index contributed by atoms with van der Waals surface area (Å²) in [5, 5.41) is 0. The Balaban J connectivity index is 4.63. The Bertz CT molecular complexity index is 232. The molecule has 1 N–H and O–H groups in total. The molecule has 0 aliphatic carbocycles. The van der Waals surface area contributed by atoms with E-state index in [1.165, 1.54) is 0 Å². The van der Waals surface area contributed by atoms with Gasteiger partial charge in [0.15, 0.2) is 0 Å². The highest BCUT2D eigenvalue weighted by molar-refractivity contribution is 7.47. The predicted octanol–water partition coefficient (Wildman–Crippen LogP) is 3.21. The van der Waals surface area contributed by atoms with Crippen LogP contribution >= 0.6 is 7.82 Å². The minimum atomic E-state index is -3.90. The van der Waals surface area contributed by atoms with E-state index in [0.29, 0.717) is 0 Å². The maximum absolute atomic E-state index is 11.5. The van der Waals surface area contributed by atoms with Crippen molar-refractivity contribution in [3.8, 4) is 0 Å². The van der Waals surface area contributed by atoms with Crippen LogP contribution in [0.2, 0.25) is 0 Å². The second-order valence-electron chi connectivity index (χ2n) is 5.02. The van der Waals surface area contributed by atoms with Gasteiger partial charge < -0.3 is 4.89 Å². The fourth-order valence-electron chi connectivity index (χ4n) is 1.62. The van der Waals surface area contributed by atoms with Gasteiger partial charge in [-0.2, -0.15) is 0 Å². The van der Waals surface area contributed by atoms with Crippen LogP contribution in [0, 0.1) is 11.3 Å². The summed E-state index contributed by atoms with van der Waals surface area (Å²) in [5.41, 5.74) is -0.191. The molecule has 92 valence electrons. The third kappa shape index (κ3) is 5.67. The van der Waals surface area contributed by atoms with Crippen molar-refractivity contribution >= 4 is 7.82 Å². The fourth-order valence-corrected chi connectivity index (χ4v) is 2.85. The van der Waals surface area contributed by atoms with Gasteiger partial charge in [-0.1, -0.05) is 34.6 Å². The van der Waals surface area contributed by atoms with Crippen LogP contribution in [0.15, 0.2) is 0 Å². The summed E-state index contributed by atoms with van der Waals surface area (Å²) in [5.74, 6) is 0.158. The molecule has 2 unspecified atom stereocenters. The van der Waals surface area contributed by atoms with Gasteiger partial charge in [0, 0.05) is 0 Å². The van der Waals surface area contributed by atoms with Crippen molar-refractivity contribution in [1.82, 2.24) is 0 Å². The van der Waals surface area contributed by atoms with Crippen LogP contribution in [-0.4, -0.2) is 17.6 Å². The van der Waals surface area contributed by atoms with Crippen LogP contribution in [0.1, 0.15) is 41.5 Å². The topological polar surface area (TPSA) is 55.8 Å². The molecule has 0 aromatic rings. The number of hydrogen-bond acceptors (Lipinski definition) is 3. The van der Waals surface area contributed by atoms with E-state index in [1.807, 2.05) is 34.6 Å². The first kappa shape index (κ1) is 15.1. The second-order valence-corrected chi connectivity index (χ2v) is 6.43. The number of rotatable bonds is 5. The summed E-state index contributed by atoms with van der Waals surface area (Å²) < 4.78 is 21.4. The molecule has 0 heterocycles. The Morgan fingerprint density at radius 2 is 1.80 bits per heavy atom. The van der Waals surface area contributed by atoms with Crippen molar-refractivity contribution in [2.75, 3.05) is 6.61 Å². The molecule has 0 fully saturated rings. The van der Waals surface area contributed by atoms with Gasteiger partial charge in [0.2, 0.25) is 0 Å². The summed E-state index contributed by atoms with van der Waals surface area (Å²) in [4.78, 5) is 9.41. The molecule has 15 heavy (non-hydrogen) atoms. The van der Waals surface area contributed by atoms with E-state index in [9.17, 15) is 9.46 Å². The molecular formula is C10H23O4P. The average Bonchev–Trinajstić information content (AvgIpc) is 1.97. The lowest BCUT2D eigenvalue weighted by molar-refractivity contribution is 0.0119. The van der Waals surface area contributed by atoms with Crippen molar-refractivity contribution < 1.29 is 18.5 Å². The average molecular weight is 238 g/mol. The molecular weight excluding hydrogens is 215 g/mol. The van der Waals surface area contributed by atoms with E-state index in [1.54, 1.807) is 6.92 Å². The van der Waals surface area contributed by atoms with Crippen molar-refractivity contribution in [1.29, 1.82) is 0 Å². The largest absolute Gasteiger partial charge is 0.472 e. The maximum Gasteiger partial charge on any atom is 0.472 e. The quantitative estimate of drug-likeness (QED) is 0.747. The highest BCUT2D eigenvalue weighted by Crippen LogP contribution is 2.48. The van der Waals surface area contributed by atoms with Gasteiger partial charge in [0.25, 0.3) is 0 Å². The summed E-state index contributed by atoms with van der Waals surface area (Å²) in [6.45, 7) is 11.7. The van der Waals surface area contributed by atoms with Crippen molar-refractivity contribution in [2.45, 2.75) is 47.6 Å². The Labute approximate surface area is 92.6 Å². The summed E-state index contributed by atoms with van der Waals surface area (Å²) in [6.07, 6.45) is -0.306. The van der Waals surface area contributed by atoms with Gasteiger partial charge in [-0.05, 0) is 18.3 Å². The third-order valence-electron chi connectivity index (χ3n) is 2.00. The van der Waals surface area contributed by atoms with E-state index in [4.69, 9.17) is 9.05 Å². The molecule has 0 aliphatic rings. The van der Waals surface area contributed by atoms with Gasteiger partial charge >= 0.3 is 7.82 Å². The van der Waals surface area contributed by atoms with Crippen LogP contribution in [0.5, 0.6) is 0 Å². The SMILES string of the molecule is CCOP(=O)(O)OC(C(C)C)C(C)(C)C. The predicted molar refractivity (Wildman–Crippen MR) is 60.6 cm³/mol. The van der Waals surface area contributed by atoms with Gasteiger partial charge in [-0.3, -0.25) is 9.05 Å². The normalized spacial score (nSPS) is 18.9. The zero-order valence-electron chi connectivity index (χ0n) is 10.5. The Hall–Kier alpha value is 0.110. The highest BCUT2D eigenvalue weighted by atomic mass is 31.2. The molecule has 0 rings (SSSR count). The standard InChI is InChI=1S/C10H23O4P/c1-7-13-15(11,12)14-9(8(2)3)10(4,5)6/h8-9H,7H2,1-6H3,(H,11,12). The third-order valence-corrected chi connectivity index (χ3v) is 3.08. The lowest BCUT2D eigenvalue weighted by Crippen LogP contribution is -2.33. The first-order valence-corrected chi connectivity index (χ1v) is 6.75. The number of phosphoric acid groups is 1. The Morgan fingerprint density at radius 1 is 1.33 bits per heavy atom. The molecule has 0 aliphatic heterocycles. The van der Waals surface area contributed by atoms with Crippen LogP contribution in [0.4, 0.5) is 0 Å². The number of phosphoric ester groups is 1. The molecule has 2 atom stereocenters. The minimum Gasteiger partial charge on any atom is -0.302 e. The molecule has 0 aromatic carbocycles. The lowest BCUT2D eigenvalue weighted by Gasteiger charge is -2.34. The van der Waals surface area contributed by atoms with E-state index in [2.05, 4.69) is 0 Å². The van der Waals surface area contributed by atoms with Crippen LogP contribution < -0.4 is 0 Å². The van der Waals surface area contributed by atoms with Gasteiger partial charge in [-0.25, -0.2) is 4.57 Å². The highest BCUT2D eigenvalue weighted by Gasteiger charge is 2.35. The minimum absolute atomic E-state index is 0.158. The van der Waals surface area contributed by atoms with E-state index in [0.717, 1.165) is 0 Å². The fraction of sp³-hybridized carbons (Fsp3) is 1.00. The Morgan fingerprint density at radius 3 is 2.07 bits per heavy atom. The van der Waals surface area contributed by atoms with E-state index >= 15 is 0 Å². The van der Waals surface area contributed by atoms with E-state index in [-0.39, 0.29) is 24.0 Å². The molecule has 0 saturated carbocycles. The lowest BCUT2D eigenvalue weighted by atomic mass is 9.83. The summed E-state index contributed by atoms with van der Waals surface area (Å²) in [6, 6.07) is 0. The number of hydrogen-bond donors (Lipinski definition) is 1. The maximum atomic E-state index is 11.5. The molecule has 0 aromatic heterocycles. The smallest absolute Gasteiger partial charge is 0.302 e.